The highest BCUT2D eigenvalue weighted by Gasteiger charge is 2.25. The van der Waals surface area contributed by atoms with E-state index in [0.717, 1.165) is 25.2 Å². The van der Waals surface area contributed by atoms with Crippen LogP contribution in [0.2, 0.25) is 0 Å². The van der Waals surface area contributed by atoms with Gasteiger partial charge in [0.15, 0.2) is 0 Å². The summed E-state index contributed by atoms with van der Waals surface area (Å²) >= 11 is 0. The Balaban J connectivity index is 2.31. The average molecular weight is 252 g/mol. The Morgan fingerprint density at radius 1 is 1.56 bits per heavy atom. The Hall–Kier alpha value is -1.13. The Morgan fingerprint density at radius 3 is 2.94 bits per heavy atom. The van der Waals surface area contributed by atoms with Crippen molar-refractivity contribution < 1.29 is 9.50 Å². The summed E-state index contributed by atoms with van der Waals surface area (Å²) in [5.41, 5.74) is 1.61. The molecule has 1 heterocycles. The van der Waals surface area contributed by atoms with Gasteiger partial charge in [-0.15, -0.1) is 0 Å². The first-order valence-corrected chi connectivity index (χ1v) is 6.58. The number of β-amino-alcohol motifs (C(OH)–C–C–N with tert-alkyl or cyclic N) is 1. The number of aliphatic hydroxyl groups is 1. The van der Waals surface area contributed by atoms with Crippen LogP contribution in [0.5, 0.6) is 0 Å². The topological polar surface area (TPSA) is 35.5 Å². The van der Waals surface area contributed by atoms with Crippen LogP contribution in [-0.4, -0.2) is 30.8 Å². The quantitative estimate of drug-likeness (QED) is 0.861. The lowest BCUT2D eigenvalue weighted by atomic mass is 10.0. The molecule has 0 saturated carbocycles. The molecule has 0 spiro atoms. The summed E-state index contributed by atoms with van der Waals surface area (Å²) in [7, 11) is 0. The summed E-state index contributed by atoms with van der Waals surface area (Å²) in [5, 5.41) is 12.9. The van der Waals surface area contributed by atoms with Crippen LogP contribution in [0.3, 0.4) is 0 Å². The lowest BCUT2D eigenvalue weighted by Gasteiger charge is -2.25. The van der Waals surface area contributed by atoms with Crippen LogP contribution in [0.4, 0.5) is 10.1 Å². The maximum Gasteiger partial charge on any atom is 0.130 e. The number of benzene rings is 1. The molecule has 0 aromatic heterocycles. The van der Waals surface area contributed by atoms with Gasteiger partial charge in [-0.25, -0.2) is 4.39 Å². The van der Waals surface area contributed by atoms with Crippen LogP contribution in [0.15, 0.2) is 18.2 Å². The fraction of sp³-hybridized carbons (Fsp3) is 0.571. The van der Waals surface area contributed by atoms with Crippen LogP contribution in [-0.2, 0) is 0 Å². The van der Waals surface area contributed by atoms with Crippen LogP contribution < -0.4 is 10.2 Å². The van der Waals surface area contributed by atoms with E-state index >= 15 is 0 Å². The maximum atomic E-state index is 14.0. The standard InChI is InChI=1S/C14H21FN2O/c1-3-16-10(2)14-12(15)5-4-6-13(14)17-8-7-11(18)9-17/h4-6,10-11,16,18H,3,7-9H2,1-2H3. The summed E-state index contributed by atoms with van der Waals surface area (Å²) in [4.78, 5) is 2.07. The molecular weight excluding hydrogens is 231 g/mol. The van der Waals surface area contributed by atoms with Crippen molar-refractivity contribution in [3.63, 3.8) is 0 Å². The second-order valence-electron chi connectivity index (χ2n) is 4.84. The number of hydrogen-bond acceptors (Lipinski definition) is 3. The lowest BCUT2D eigenvalue weighted by molar-refractivity contribution is 0.198. The van der Waals surface area contributed by atoms with Gasteiger partial charge in [0.1, 0.15) is 5.82 Å². The predicted molar refractivity (Wildman–Crippen MR) is 71.3 cm³/mol. The van der Waals surface area contributed by atoms with Crippen molar-refractivity contribution >= 4 is 5.69 Å². The zero-order valence-corrected chi connectivity index (χ0v) is 11.0. The third-order valence-corrected chi connectivity index (χ3v) is 3.48. The molecule has 1 aliphatic rings. The van der Waals surface area contributed by atoms with Gasteiger partial charge in [0.05, 0.1) is 6.10 Å². The fourth-order valence-electron chi connectivity index (χ4n) is 2.60. The van der Waals surface area contributed by atoms with E-state index in [1.165, 1.54) is 6.07 Å². The van der Waals surface area contributed by atoms with Crippen molar-refractivity contribution in [2.75, 3.05) is 24.5 Å². The largest absolute Gasteiger partial charge is 0.391 e. The Morgan fingerprint density at radius 2 is 2.33 bits per heavy atom. The first-order valence-electron chi connectivity index (χ1n) is 6.58. The molecule has 2 atom stereocenters. The minimum atomic E-state index is -0.296. The van der Waals surface area contributed by atoms with Crippen molar-refractivity contribution in [1.82, 2.24) is 5.32 Å². The van der Waals surface area contributed by atoms with E-state index < -0.39 is 0 Å². The highest BCUT2D eigenvalue weighted by atomic mass is 19.1. The normalized spacial score (nSPS) is 21.3. The van der Waals surface area contributed by atoms with Gasteiger partial charge in [-0.2, -0.15) is 0 Å². The summed E-state index contributed by atoms with van der Waals surface area (Å²) in [5.74, 6) is -0.178. The maximum absolute atomic E-state index is 14.0. The molecule has 1 aromatic carbocycles. The third-order valence-electron chi connectivity index (χ3n) is 3.48. The third kappa shape index (κ3) is 2.65. The minimum Gasteiger partial charge on any atom is -0.391 e. The van der Waals surface area contributed by atoms with Gasteiger partial charge in [0.25, 0.3) is 0 Å². The molecular formula is C14H21FN2O. The molecule has 2 unspecified atom stereocenters. The van der Waals surface area contributed by atoms with Gasteiger partial charge in [-0.1, -0.05) is 13.0 Å². The van der Waals surface area contributed by atoms with Crippen molar-refractivity contribution in [1.29, 1.82) is 0 Å². The number of anilines is 1. The summed E-state index contributed by atoms with van der Waals surface area (Å²) < 4.78 is 14.0. The highest BCUT2D eigenvalue weighted by molar-refractivity contribution is 5.56. The first-order chi connectivity index (χ1) is 8.63. The average Bonchev–Trinajstić information content (AvgIpc) is 2.75. The smallest absolute Gasteiger partial charge is 0.130 e. The van der Waals surface area contributed by atoms with Crippen LogP contribution in [0.25, 0.3) is 0 Å². The molecule has 2 rings (SSSR count). The van der Waals surface area contributed by atoms with Gasteiger partial charge in [0.2, 0.25) is 0 Å². The molecule has 100 valence electrons. The van der Waals surface area contributed by atoms with Crippen molar-refractivity contribution in [2.24, 2.45) is 0 Å². The molecule has 2 N–H and O–H groups in total. The molecule has 1 aliphatic heterocycles. The molecule has 1 aromatic rings. The minimum absolute atomic E-state index is 0.0241. The Labute approximate surface area is 108 Å². The van der Waals surface area contributed by atoms with Gasteiger partial charge in [-0.3, -0.25) is 0 Å². The summed E-state index contributed by atoms with van der Waals surface area (Å²) in [6, 6.07) is 5.14. The van der Waals surface area contributed by atoms with Crippen molar-refractivity contribution in [3.05, 3.63) is 29.6 Å². The Bertz CT molecular complexity index is 411. The second-order valence-corrected chi connectivity index (χ2v) is 4.84. The summed E-state index contributed by atoms with van der Waals surface area (Å²) in [6.07, 6.45) is 0.460. The van der Waals surface area contributed by atoms with Gasteiger partial charge in [-0.05, 0) is 32.0 Å². The molecule has 18 heavy (non-hydrogen) atoms. The first kappa shape index (κ1) is 13.3. The SMILES string of the molecule is CCNC(C)c1c(F)cccc1N1CCC(O)C1. The fourth-order valence-corrected chi connectivity index (χ4v) is 2.60. The van der Waals surface area contributed by atoms with Crippen molar-refractivity contribution in [3.8, 4) is 0 Å². The van der Waals surface area contributed by atoms with Gasteiger partial charge < -0.3 is 15.3 Å². The van der Waals surface area contributed by atoms with Crippen molar-refractivity contribution in [2.45, 2.75) is 32.4 Å². The van der Waals surface area contributed by atoms with E-state index in [1.807, 2.05) is 19.9 Å². The molecule has 1 fully saturated rings. The van der Waals surface area contributed by atoms with Crippen LogP contribution in [0.1, 0.15) is 31.9 Å². The zero-order valence-electron chi connectivity index (χ0n) is 11.0. The van der Waals surface area contributed by atoms with E-state index in [9.17, 15) is 9.50 Å². The van der Waals surface area contributed by atoms with Crippen LogP contribution in [0, 0.1) is 5.82 Å². The van der Waals surface area contributed by atoms with Crippen LogP contribution >= 0.6 is 0 Å². The van der Waals surface area contributed by atoms with Gasteiger partial charge >= 0.3 is 0 Å². The van der Waals surface area contributed by atoms with E-state index in [2.05, 4.69) is 10.2 Å². The molecule has 1 saturated heterocycles. The van der Waals surface area contributed by atoms with E-state index in [-0.39, 0.29) is 18.0 Å². The van der Waals surface area contributed by atoms with Gasteiger partial charge in [0, 0.05) is 30.4 Å². The number of halogens is 1. The molecule has 4 heteroatoms. The number of nitrogens with one attached hydrogen (secondary N) is 1. The predicted octanol–water partition coefficient (Wildman–Crippen LogP) is 2.07. The summed E-state index contributed by atoms with van der Waals surface area (Å²) in [6.45, 7) is 6.16. The number of nitrogens with zero attached hydrogens (tertiary/aromatic N) is 1. The molecule has 0 aliphatic carbocycles. The molecule has 0 radical (unpaired) electrons. The molecule has 0 bridgehead atoms. The second kappa shape index (κ2) is 5.67. The van der Waals surface area contributed by atoms with E-state index in [4.69, 9.17) is 0 Å². The number of rotatable bonds is 4. The molecule has 3 nitrogen and oxygen atoms in total. The monoisotopic (exact) mass is 252 g/mol. The highest BCUT2D eigenvalue weighted by Crippen LogP contribution is 2.31. The Kier molecular flexibility index (Phi) is 4.19. The number of hydrogen-bond donors (Lipinski definition) is 2. The number of aliphatic hydroxyl groups excluding tert-OH is 1. The zero-order chi connectivity index (χ0) is 13.1. The lowest BCUT2D eigenvalue weighted by Crippen LogP contribution is -2.26. The van der Waals surface area contributed by atoms with E-state index in [1.54, 1.807) is 6.07 Å². The van der Waals surface area contributed by atoms with E-state index in [0.29, 0.717) is 12.1 Å². The molecule has 0 amide bonds.